The van der Waals surface area contributed by atoms with Crippen molar-refractivity contribution in [2.24, 2.45) is 0 Å². The number of nitrogens with one attached hydrogen (secondary N) is 1. The number of benzene rings is 1. The van der Waals surface area contributed by atoms with E-state index in [1.54, 1.807) is 18.2 Å². The Kier molecular flexibility index (Phi) is 8.46. The number of hydrogen-bond donors (Lipinski definition) is 2. The lowest BCUT2D eigenvalue weighted by Crippen LogP contribution is -2.17. The second-order valence-electron chi connectivity index (χ2n) is 5.49. The van der Waals surface area contributed by atoms with Gasteiger partial charge in [-0.15, -0.1) is 0 Å². The van der Waals surface area contributed by atoms with Crippen LogP contribution >= 0.6 is 23.2 Å². The molecule has 0 atom stereocenters. The maximum atomic E-state index is 11.7. The van der Waals surface area contributed by atoms with E-state index in [0.717, 1.165) is 11.1 Å². The summed E-state index contributed by atoms with van der Waals surface area (Å²) in [4.78, 5) is 11.7. The van der Waals surface area contributed by atoms with Crippen molar-refractivity contribution in [2.45, 2.75) is 46.5 Å². The van der Waals surface area contributed by atoms with Crippen molar-refractivity contribution >= 4 is 23.2 Å². The first-order valence-corrected chi connectivity index (χ1v) is 8.84. The Bertz CT molecular complexity index is 704. The second-order valence-corrected chi connectivity index (χ2v) is 6.30. The van der Waals surface area contributed by atoms with Crippen molar-refractivity contribution in [1.29, 1.82) is 0 Å². The van der Waals surface area contributed by atoms with Gasteiger partial charge in [0.25, 0.3) is 5.56 Å². The first kappa shape index (κ1) is 20.7. The highest BCUT2D eigenvalue weighted by molar-refractivity contribution is 6.36. The van der Waals surface area contributed by atoms with Crippen LogP contribution in [0.5, 0.6) is 0 Å². The van der Waals surface area contributed by atoms with Gasteiger partial charge >= 0.3 is 0 Å². The van der Waals surface area contributed by atoms with Crippen LogP contribution in [0.2, 0.25) is 10.0 Å². The number of aliphatic hydroxyl groups excluding tert-OH is 1. The first-order chi connectivity index (χ1) is 11.4. The fraction of sp³-hybridized carbons (Fsp3) is 0.444. The van der Waals surface area contributed by atoms with Gasteiger partial charge in [0.05, 0.1) is 5.69 Å². The molecule has 0 unspecified atom stereocenters. The normalized spacial score (nSPS) is 10.5. The third kappa shape index (κ3) is 5.33. The van der Waals surface area contributed by atoms with Crippen LogP contribution in [0, 0.1) is 0 Å². The van der Waals surface area contributed by atoms with E-state index in [2.05, 4.69) is 10.2 Å². The van der Waals surface area contributed by atoms with Crippen LogP contribution in [0.15, 0.2) is 23.0 Å². The molecule has 6 heteroatoms. The van der Waals surface area contributed by atoms with E-state index >= 15 is 0 Å². The maximum Gasteiger partial charge on any atom is 0.267 e. The summed E-state index contributed by atoms with van der Waals surface area (Å²) in [5.41, 5.74) is 2.88. The van der Waals surface area contributed by atoms with Crippen molar-refractivity contribution in [1.82, 2.24) is 10.2 Å². The molecule has 1 heterocycles. The molecule has 0 amide bonds. The van der Waals surface area contributed by atoms with Crippen LogP contribution < -0.4 is 5.56 Å². The van der Waals surface area contributed by atoms with Crippen LogP contribution in [0.4, 0.5) is 0 Å². The summed E-state index contributed by atoms with van der Waals surface area (Å²) in [6.45, 7) is 7.96. The highest BCUT2D eigenvalue weighted by Crippen LogP contribution is 2.29. The Morgan fingerprint density at radius 1 is 1.17 bits per heavy atom. The fourth-order valence-corrected chi connectivity index (χ4v) is 2.93. The molecule has 2 rings (SSSR count). The van der Waals surface area contributed by atoms with Gasteiger partial charge in [-0.2, -0.15) is 5.10 Å². The van der Waals surface area contributed by atoms with Gasteiger partial charge in [0.1, 0.15) is 0 Å². The van der Waals surface area contributed by atoms with Gasteiger partial charge in [0, 0.05) is 28.6 Å². The van der Waals surface area contributed by atoms with Crippen LogP contribution in [0.25, 0.3) is 0 Å². The molecular weight excluding hydrogens is 347 g/mol. The number of nitrogens with zero attached hydrogens (tertiary/aromatic N) is 1. The Labute approximate surface area is 152 Å². The molecule has 0 saturated carbocycles. The van der Waals surface area contributed by atoms with Gasteiger partial charge in [-0.3, -0.25) is 4.79 Å². The quantitative estimate of drug-likeness (QED) is 0.821. The standard InChI is InChI=1S/C16H18Cl2N2O2.C2H6/c1-9(2)12-7-11(19-20-16(12)22)8-13-14(17)5-10(3-4-21)6-15(13)18;1-2/h5-7,9,21H,3-4,8H2,1-2H3,(H,20,22);1-2H3. The molecule has 1 aromatic heterocycles. The third-order valence-corrected chi connectivity index (χ3v) is 4.14. The highest BCUT2D eigenvalue weighted by Gasteiger charge is 2.12. The number of rotatable bonds is 5. The lowest BCUT2D eigenvalue weighted by molar-refractivity contribution is 0.299. The number of H-pyrrole nitrogens is 1. The topological polar surface area (TPSA) is 66.0 Å². The molecule has 2 aromatic rings. The summed E-state index contributed by atoms with van der Waals surface area (Å²) < 4.78 is 0. The largest absolute Gasteiger partial charge is 0.396 e. The molecule has 0 aliphatic rings. The Morgan fingerprint density at radius 3 is 2.25 bits per heavy atom. The van der Waals surface area contributed by atoms with Crippen LogP contribution in [0.1, 0.15) is 56.0 Å². The Hall–Kier alpha value is -1.36. The Morgan fingerprint density at radius 2 is 1.75 bits per heavy atom. The van der Waals surface area contributed by atoms with Gasteiger partial charge in [-0.1, -0.05) is 50.9 Å². The van der Waals surface area contributed by atoms with Crippen molar-refractivity contribution in [2.75, 3.05) is 6.61 Å². The summed E-state index contributed by atoms with van der Waals surface area (Å²) >= 11 is 12.6. The van der Waals surface area contributed by atoms with Crippen molar-refractivity contribution in [3.05, 3.63) is 61.0 Å². The molecule has 132 valence electrons. The lowest BCUT2D eigenvalue weighted by Gasteiger charge is -2.11. The molecule has 4 nitrogen and oxygen atoms in total. The smallest absolute Gasteiger partial charge is 0.267 e. The summed E-state index contributed by atoms with van der Waals surface area (Å²) in [5, 5.41) is 16.6. The number of aromatic nitrogens is 2. The monoisotopic (exact) mass is 370 g/mol. The van der Waals surface area contributed by atoms with Gasteiger partial charge in [-0.05, 0) is 41.7 Å². The molecule has 2 N–H and O–H groups in total. The molecule has 1 aromatic carbocycles. The zero-order valence-corrected chi connectivity index (χ0v) is 16.0. The van der Waals surface area contributed by atoms with Gasteiger partial charge < -0.3 is 5.11 Å². The molecule has 0 fully saturated rings. The van der Waals surface area contributed by atoms with E-state index in [1.807, 2.05) is 27.7 Å². The molecule has 0 aliphatic carbocycles. The van der Waals surface area contributed by atoms with E-state index in [-0.39, 0.29) is 18.1 Å². The SMILES string of the molecule is CC.CC(C)c1cc(Cc2c(Cl)cc(CCO)cc2Cl)n[nH]c1=O. The summed E-state index contributed by atoms with van der Waals surface area (Å²) in [7, 11) is 0. The van der Waals surface area contributed by atoms with Gasteiger partial charge in [0.15, 0.2) is 0 Å². The van der Waals surface area contributed by atoms with Gasteiger partial charge in [-0.25, -0.2) is 5.10 Å². The van der Waals surface area contributed by atoms with E-state index in [1.165, 1.54) is 0 Å². The first-order valence-electron chi connectivity index (χ1n) is 8.08. The minimum absolute atomic E-state index is 0.0469. The number of halogens is 2. The van der Waals surface area contributed by atoms with E-state index in [0.29, 0.717) is 34.1 Å². The average Bonchev–Trinajstić information content (AvgIpc) is 2.54. The molecule has 0 radical (unpaired) electrons. The third-order valence-electron chi connectivity index (χ3n) is 3.47. The number of hydrogen-bond acceptors (Lipinski definition) is 3. The van der Waals surface area contributed by atoms with Crippen molar-refractivity contribution < 1.29 is 5.11 Å². The highest BCUT2D eigenvalue weighted by atomic mass is 35.5. The minimum Gasteiger partial charge on any atom is -0.396 e. The van der Waals surface area contributed by atoms with E-state index < -0.39 is 0 Å². The molecule has 0 aliphatic heterocycles. The fourth-order valence-electron chi connectivity index (χ4n) is 2.26. The predicted octanol–water partition coefficient (Wildman–Crippen LogP) is 4.35. The van der Waals surface area contributed by atoms with Crippen LogP contribution in [-0.2, 0) is 12.8 Å². The molecule has 0 bridgehead atoms. The zero-order chi connectivity index (χ0) is 18.3. The molecule has 0 saturated heterocycles. The zero-order valence-electron chi connectivity index (χ0n) is 14.5. The van der Waals surface area contributed by atoms with E-state index in [4.69, 9.17) is 28.3 Å². The molecular formula is C18H24Cl2N2O2. The summed E-state index contributed by atoms with van der Waals surface area (Å²) in [5.74, 6) is 0.114. The second kappa shape index (κ2) is 9.82. The van der Waals surface area contributed by atoms with Crippen molar-refractivity contribution in [3.8, 4) is 0 Å². The number of aromatic amines is 1. The summed E-state index contributed by atoms with van der Waals surface area (Å²) in [6.07, 6.45) is 0.946. The predicted molar refractivity (Wildman–Crippen MR) is 100 cm³/mol. The summed E-state index contributed by atoms with van der Waals surface area (Å²) in [6, 6.07) is 5.39. The molecule has 24 heavy (non-hydrogen) atoms. The molecule has 0 spiro atoms. The minimum atomic E-state index is -0.172. The maximum absolute atomic E-state index is 11.7. The Balaban J connectivity index is 0.00000139. The number of aliphatic hydroxyl groups is 1. The van der Waals surface area contributed by atoms with Crippen LogP contribution in [0.3, 0.4) is 0 Å². The van der Waals surface area contributed by atoms with Gasteiger partial charge in [0.2, 0.25) is 0 Å². The lowest BCUT2D eigenvalue weighted by atomic mass is 10.0. The van der Waals surface area contributed by atoms with E-state index in [9.17, 15) is 4.79 Å². The average molecular weight is 371 g/mol. The van der Waals surface area contributed by atoms with Crippen molar-refractivity contribution in [3.63, 3.8) is 0 Å². The van der Waals surface area contributed by atoms with Crippen LogP contribution in [-0.4, -0.2) is 21.9 Å².